The van der Waals surface area contributed by atoms with E-state index in [1.807, 2.05) is 20.8 Å². The normalized spacial score (nSPS) is 10.8. The first-order valence-corrected chi connectivity index (χ1v) is 5.23. The summed E-state index contributed by atoms with van der Waals surface area (Å²) in [6.07, 6.45) is 1.62. The molecule has 0 saturated heterocycles. The van der Waals surface area contributed by atoms with Crippen molar-refractivity contribution in [3.05, 3.63) is 29.8 Å². The second kappa shape index (κ2) is 5.48. The minimum Gasteiger partial charge on any atom is -0.485 e. The van der Waals surface area contributed by atoms with Crippen LogP contribution in [0.15, 0.2) is 24.3 Å². The van der Waals surface area contributed by atoms with Gasteiger partial charge in [0.15, 0.2) is 6.61 Å². The highest BCUT2D eigenvalue weighted by molar-refractivity contribution is 5.89. The Morgan fingerprint density at radius 1 is 1.24 bits per heavy atom. The molecule has 0 amide bonds. The van der Waals surface area contributed by atoms with Gasteiger partial charge in [0.1, 0.15) is 11.4 Å². The van der Waals surface area contributed by atoms with Crippen LogP contribution in [0.5, 0.6) is 5.75 Å². The average Bonchev–Trinajstić information content (AvgIpc) is 2.24. The molecule has 1 aromatic rings. The summed E-state index contributed by atoms with van der Waals surface area (Å²) in [5.74, 6) is 0.131. The topological polar surface area (TPSA) is 52.6 Å². The van der Waals surface area contributed by atoms with E-state index in [0.717, 1.165) is 0 Å². The molecule has 91 valence electrons. The van der Waals surface area contributed by atoms with Gasteiger partial charge in [0.2, 0.25) is 6.29 Å². The third kappa shape index (κ3) is 4.68. The van der Waals surface area contributed by atoms with E-state index in [2.05, 4.69) is 0 Å². The summed E-state index contributed by atoms with van der Waals surface area (Å²) < 4.78 is 10.2. The van der Waals surface area contributed by atoms with Gasteiger partial charge in [-0.25, -0.2) is 4.79 Å². The highest BCUT2D eigenvalue weighted by Gasteiger charge is 2.17. The molecule has 0 spiro atoms. The molecule has 1 rings (SSSR count). The van der Waals surface area contributed by atoms with Crippen molar-refractivity contribution in [3.63, 3.8) is 0 Å². The van der Waals surface area contributed by atoms with Gasteiger partial charge in [-0.15, -0.1) is 0 Å². The molecule has 0 aliphatic heterocycles. The Kier molecular flexibility index (Phi) is 4.26. The molecule has 1 aromatic carbocycles. The van der Waals surface area contributed by atoms with Gasteiger partial charge in [-0.1, -0.05) is 0 Å². The van der Waals surface area contributed by atoms with Crippen molar-refractivity contribution in [1.29, 1.82) is 0 Å². The molecule has 0 aliphatic rings. The molecule has 17 heavy (non-hydrogen) atoms. The van der Waals surface area contributed by atoms with Crippen LogP contribution in [0.2, 0.25) is 0 Å². The monoisotopic (exact) mass is 235 g/mol. The van der Waals surface area contributed by atoms with E-state index in [1.54, 1.807) is 30.6 Å². The number of esters is 1. The Hall–Kier alpha value is -1.84. The summed E-state index contributed by atoms with van der Waals surface area (Å²) in [6.45, 7) is 5.30. The first-order chi connectivity index (χ1) is 7.92. The standard InChI is InChI=1S/C13H15O4/c1-13(2,3)17-12(15)10-4-6-11(7-5-10)16-9-8-14/h4-7H,9H2,1-3H3. The number of benzene rings is 1. The lowest BCUT2D eigenvalue weighted by molar-refractivity contribution is 0.00695. The van der Waals surface area contributed by atoms with Crippen LogP contribution in [-0.4, -0.2) is 24.5 Å². The lowest BCUT2D eigenvalue weighted by atomic mass is 10.1. The van der Waals surface area contributed by atoms with Crippen LogP contribution in [-0.2, 0) is 9.53 Å². The number of rotatable bonds is 4. The Balaban J connectivity index is 2.67. The predicted molar refractivity (Wildman–Crippen MR) is 62.8 cm³/mol. The first-order valence-electron chi connectivity index (χ1n) is 5.23. The van der Waals surface area contributed by atoms with Crippen LogP contribution < -0.4 is 4.74 Å². The van der Waals surface area contributed by atoms with Crippen molar-refractivity contribution in [2.24, 2.45) is 0 Å². The SMILES string of the molecule is CC(C)(C)OC(=O)c1ccc(OC[C]=O)cc1. The highest BCUT2D eigenvalue weighted by Crippen LogP contribution is 2.15. The molecule has 0 aromatic heterocycles. The maximum Gasteiger partial charge on any atom is 0.338 e. The van der Waals surface area contributed by atoms with E-state index in [1.165, 1.54) is 0 Å². The highest BCUT2D eigenvalue weighted by atomic mass is 16.6. The fourth-order valence-corrected chi connectivity index (χ4v) is 1.14. The van der Waals surface area contributed by atoms with Gasteiger partial charge in [0, 0.05) is 0 Å². The summed E-state index contributed by atoms with van der Waals surface area (Å²) in [6, 6.07) is 6.40. The van der Waals surface area contributed by atoms with Crippen LogP contribution in [0, 0.1) is 0 Å². The fraction of sp³-hybridized carbons (Fsp3) is 0.385. The third-order valence-corrected chi connectivity index (χ3v) is 1.79. The predicted octanol–water partition coefficient (Wildman–Crippen LogP) is 2.13. The summed E-state index contributed by atoms with van der Waals surface area (Å²) in [5.41, 5.74) is -0.0685. The van der Waals surface area contributed by atoms with Crippen molar-refractivity contribution in [3.8, 4) is 5.75 Å². The Morgan fingerprint density at radius 2 is 1.82 bits per heavy atom. The Morgan fingerprint density at radius 3 is 2.29 bits per heavy atom. The van der Waals surface area contributed by atoms with Crippen molar-refractivity contribution in [2.75, 3.05) is 6.61 Å². The van der Waals surface area contributed by atoms with Crippen molar-refractivity contribution in [1.82, 2.24) is 0 Å². The van der Waals surface area contributed by atoms with E-state index in [0.29, 0.717) is 11.3 Å². The zero-order valence-electron chi connectivity index (χ0n) is 10.1. The van der Waals surface area contributed by atoms with Gasteiger partial charge in [0.05, 0.1) is 5.56 Å². The second-order valence-electron chi connectivity index (χ2n) is 4.46. The summed E-state index contributed by atoms with van der Waals surface area (Å²) in [5, 5.41) is 0. The lowest BCUT2D eigenvalue weighted by Gasteiger charge is -2.19. The minimum absolute atomic E-state index is 0.119. The summed E-state index contributed by atoms with van der Waals surface area (Å²) in [4.78, 5) is 21.6. The van der Waals surface area contributed by atoms with E-state index in [4.69, 9.17) is 9.47 Å². The molecule has 0 atom stereocenters. The van der Waals surface area contributed by atoms with Crippen LogP contribution in [0.4, 0.5) is 0 Å². The maximum absolute atomic E-state index is 11.7. The number of carbonyl (C=O) groups is 1. The van der Waals surface area contributed by atoms with Crippen LogP contribution in [0.3, 0.4) is 0 Å². The molecule has 0 heterocycles. The van der Waals surface area contributed by atoms with E-state index in [-0.39, 0.29) is 12.6 Å². The largest absolute Gasteiger partial charge is 0.485 e. The number of hydrogen-bond donors (Lipinski definition) is 0. The molecule has 0 saturated carbocycles. The molecular formula is C13H15O4. The fourth-order valence-electron chi connectivity index (χ4n) is 1.14. The maximum atomic E-state index is 11.7. The average molecular weight is 235 g/mol. The molecule has 0 fully saturated rings. The van der Waals surface area contributed by atoms with E-state index >= 15 is 0 Å². The first kappa shape index (κ1) is 13.2. The van der Waals surface area contributed by atoms with Crippen LogP contribution in [0.1, 0.15) is 31.1 Å². The van der Waals surface area contributed by atoms with Gasteiger partial charge >= 0.3 is 5.97 Å². The van der Waals surface area contributed by atoms with Gasteiger partial charge in [-0.2, -0.15) is 0 Å². The van der Waals surface area contributed by atoms with Gasteiger partial charge in [0.25, 0.3) is 0 Å². The molecular weight excluding hydrogens is 220 g/mol. The molecule has 0 N–H and O–H groups in total. The molecule has 4 nitrogen and oxygen atoms in total. The zero-order chi connectivity index (χ0) is 12.9. The number of ether oxygens (including phenoxy) is 2. The van der Waals surface area contributed by atoms with Crippen LogP contribution >= 0.6 is 0 Å². The molecule has 0 bridgehead atoms. The quantitative estimate of drug-likeness (QED) is 0.750. The molecule has 4 heteroatoms. The van der Waals surface area contributed by atoms with Gasteiger partial charge < -0.3 is 9.47 Å². The third-order valence-electron chi connectivity index (χ3n) is 1.79. The lowest BCUT2D eigenvalue weighted by Crippen LogP contribution is -2.23. The van der Waals surface area contributed by atoms with Gasteiger partial charge in [-0.3, -0.25) is 4.79 Å². The van der Waals surface area contributed by atoms with Gasteiger partial charge in [-0.05, 0) is 45.0 Å². The van der Waals surface area contributed by atoms with Crippen molar-refractivity contribution < 1.29 is 19.1 Å². The molecule has 0 aliphatic carbocycles. The Labute approximate surface area is 101 Å². The summed E-state index contributed by atoms with van der Waals surface area (Å²) >= 11 is 0. The smallest absolute Gasteiger partial charge is 0.338 e. The van der Waals surface area contributed by atoms with Crippen LogP contribution in [0.25, 0.3) is 0 Å². The molecule has 1 radical (unpaired) electrons. The molecule has 0 unspecified atom stereocenters. The second-order valence-corrected chi connectivity index (χ2v) is 4.46. The van der Waals surface area contributed by atoms with Crippen molar-refractivity contribution >= 4 is 12.3 Å². The zero-order valence-corrected chi connectivity index (χ0v) is 10.1. The summed E-state index contributed by atoms with van der Waals surface area (Å²) in [7, 11) is 0. The van der Waals surface area contributed by atoms with E-state index < -0.39 is 5.60 Å². The Bertz CT molecular complexity index is 387. The minimum atomic E-state index is -0.515. The number of carbonyl (C=O) groups excluding carboxylic acids is 2. The van der Waals surface area contributed by atoms with E-state index in [9.17, 15) is 9.59 Å². The number of hydrogen-bond acceptors (Lipinski definition) is 4. The van der Waals surface area contributed by atoms with Crippen molar-refractivity contribution in [2.45, 2.75) is 26.4 Å².